The van der Waals surface area contributed by atoms with E-state index in [2.05, 4.69) is 15.5 Å². The SMILES string of the molecule is O=C(Nc1ccc(F)cc1)c1cc(C2CC2)nc2onc(-c3ccccc3)c12. The molecule has 0 aliphatic heterocycles. The van der Waals surface area contributed by atoms with E-state index in [0.29, 0.717) is 34.0 Å². The molecule has 2 heterocycles. The molecule has 2 aromatic carbocycles. The van der Waals surface area contributed by atoms with Crippen LogP contribution in [0.2, 0.25) is 0 Å². The molecule has 1 aliphatic carbocycles. The monoisotopic (exact) mass is 373 g/mol. The van der Waals surface area contributed by atoms with Gasteiger partial charge in [0.05, 0.1) is 10.9 Å². The number of benzene rings is 2. The molecule has 1 amide bonds. The minimum Gasteiger partial charge on any atom is -0.335 e. The Hall–Kier alpha value is -3.54. The third-order valence-corrected chi connectivity index (χ3v) is 4.86. The maximum absolute atomic E-state index is 13.2. The molecular formula is C22H16FN3O2. The lowest BCUT2D eigenvalue weighted by Crippen LogP contribution is -2.13. The number of carbonyl (C=O) groups excluding carboxylic acids is 1. The van der Waals surface area contributed by atoms with Crippen molar-refractivity contribution >= 4 is 22.7 Å². The number of nitrogens with one attached hydrogen (secondary N) is 1. The van der Waals surface area contributed by atoms with Crippen molar-refractivity contribution in [3.63, 3.8) is 0 Å². The number of fused-ring (bicyclic) bond motifs is 1. The molecule has 28 heavy (non-hydrogen) atoms. The van der Waals surface area contributed by atoms with Crippen LogP contribution in [0.5, 0.6) is 0 Å². The number of rotatable bonds is 4. The van der Waals surface area contributed by atoms with E-state index in [1.54, 1.807) is 0 Å². The smallest absolute Gasteiger partial charge is 0.259 e. The summed E-state index contributed by atoms with van der Waals surface area (Å²) in [4.78, 5) is 17.7. The first-order valence-corrected chi connectivity index (χ1v) is 9.12. The van der Waals surface area contributed by atoms with Crippen molar-refractivity contribution in [2.45, 2.75) is 18.8 Å². The molecule has 1 N–H and O–H groups in total. The van der Waals surface area contributed by atoms with E-state index in [0.717, 1.165) is 24.1 Å². The molecule has 5 nitrogen and oxygen atoms in total. The zero-order valence-electron chi connectivity index (χ0n) is 14.9. The predicted molar refractivity (Wildman–Crippen MR) is 104 cm³/mol. The van der Waals surface area contributed by atoms with Crippen molar-refractivity contribution < 1.29 is 13.7 Å². The second-order valence-corrected chi connectivity index (χ2v) is 6.91. The van der Waals surface area contributed by atoms with E-state index in [1.807, 2.05) is 36.4 Å². The Morgan fingerprint density at radius 3 is 2.54 bits per heavy atom. The summed E-state index contributed by atoms with van der Waals surface area (Å²) < 4.78 is 18.6. The second-order valence-electron chi connectivity index (χ2n) is 6.91. The summed E-state index contributed by atoms with van der Waals surface area (Å²) in [6, 6.07) is 17.0. The Labute approximate surface area is 160 Å². The standard InChI is InChI=1S/C22H16FN3O2/c23-15-8-10-16(11-9-15)24-21(27)17-12-18(13-6-7-13)25-22-19(17)20(26-28-22)14-4-2-1-3-5-14/h1-5,8-13H,6-7H2,(H,24,27). The molecule has 1 saturated carbocycles. The van der Waals surface area contributed by atoms with Gasteiger partial charge >= 0.3 is 0 Å². The number of pyridine rings is 1. The van der Waals surface area contributed by atoms with E-state index in [4.69, 9.17) is 4.52 Å². The minimum atomic E-state index is -0.356. The Balaban J connectivity index is 1.63. The van der Waals surface area contributed by atoms with Crippen molar-refractivity contribution in [1.29, 1.82) is 0 Å². The number of hydrogen-bond acceptors (Lipinski definition) is 4. The minimum absolute atomic E-state index is 0.304. The fraction of sp³-hybridized carbons (Fsp3) is 0.136. The summed E-state index contributed by atoms with van der Waals surface area (Å²) in [5, 5.41) is 7.59. The van der Waals surface area contributed by atoms with Crippen molar-refractivity contribution in [2.75, 3.05) is 5.32 Å². The van der Waals surface area contributed by atoms with E-state index < -0.39 is 0 Å². The first-order chi connectivity index (χ1) is 13.7. The summed E-state index contributed by atoms with van der Waals surface area (Å²) in [6.07, 6.45) is 2.11. The topological polar surface area (TPSA) is 68.0 Å². The van der Waals surface area contributed by atoms with E-state index in [9.17, 15) is 9.18 Å². The van der Waals surface area contributed by atoms with Crippen LogP contribution in [0.15, 0.2) is 65.2 Å². The molecule has 1 aliphatic rings. The van der Waals surface area contributed by atoms with Crippen LogP contribution in [0.3, 0.4) is 0 Å². The van der Waals surface area contributed by atoms with Gasteiger partial charge in [-0.3, -0.25) is 4.79 Å². The van der Waals surface area contributed by atoms with Crippen LogP contribution in [-0.2, 0) is 0 Å². The molecule has 4 aromatic rings. The lowest BCUT2D eigenvalue weighted by atomic mass is 10.0. The fourth-order valence-electron chi connectivity index (χ4n) is 3.26. The highest BCUT2D eigenvalue weighted by Gasteiger charge is 2.29. The van der Waals surface area contributed by atoms with Gasteiger partial charge in [0.1, 0.15) is 11.5 Å². The van der Waals surface area contributed by atoms with E-state index in [1.165, 1.54) is 24.3 Å². The molecule has 0 spiro atoms. The highest BCUT2D eigenvalue weighted by Crippen LogP contribution is 2.41. The first-order valence-electron chi connectivity index (χ1n) is 9.12. The summed E-state index contributed by atoms with van der Waals surface area (Å²) in [5.41, 5.74) is 3.59. The number of hydrogen-bond donors (Lipinski definition) is 1. The number of halogens is 1. The van der Waals surface area contributed by atoms with Gasteiger partial charge in [-0.25, -0.2) is 9.37 Å². The Bertz CT molecular complexity index is 1170. The highest BCUT2D eigenvalue weighted by atomic mass is 19.1. The van der Waals surface area contributed by atoms with Gasteiger partial charge in [0, 0.05) is 22.9 Å². The van der Waals surface area contributed by atoms with Gasteiger partial charge in [-0.15, -0.1) is 0 Å². The molecule has 0 bridgehead atoms. The fourth-order valence-corrected chi connectivity index (χ4v) is 3.26. The number of aromatic nitrogens is 2. The van der Waals surface area contributed by atoms with Gasteiger partial charge in [-0.1, -0.05) is 35.5 Å². The molecular weight excluding hydrogens is 357 g/mol. The van der Waals surface area contributed by atoms with Gasteiger partial charge < -0.3 is 9.84 Å². The van der Waals surface area contributed by atoms with Crippen LogP contribution < -0.4 is 5.32 Å². The normalized spacial score (nSPS) is 13.6. The molecule has 0 unspecified atom stereocenters. The van der Waals surface area contributed by atoms with Crippen LogP contribution in [0, 0.1) is 5.82 Å². The van der Waals surface area contributed by atoms with Crippen molar-refractivity contribution in [3.8, 4) is 11.3 Å². The highest BCUT2D eigenvalue weighted by molar-refractivity contribution is 6.14. The summed E-state index contributed by atoms with van der Waals surface area (Å²) in [7, 11) is 0. The number of nitrogens with zero attached hydrogens (tertiary/aromatic N) is 2. The first kappa shape index (κ1) is 16.6. The molecule has 138 valence electrons. The van der Waals surface area contributed by atoms with Gasteiger partial charge in [0.2, 0.25) is 0 Å². The molecule has 0 radical (unpaired) electrons. The quantitative estimate of drug-likeness (QED) is 0.537. The van der Waals surface area contributed by atoms with Crippen molar-refractivity contribution in [2.24, 2.45) is 0 Å². The number of anilines is 1. The van der Waals surface area contributed by atoms with Gasteiger partial charge in [0.15, 0.2) is 0 Å². The van der Waals surface area contributed by atoms with Gasteiger partial charge in [0.25, 0.3) is 11.6 Å². The average molecular weight is 373 g/mol. The number of amides is 1. The van der Waals surface area contributed by atoms with Crippen LogP contribution in [0.1, 0.15) is 34.8 Å². The van der Waals surface area contributed by atoms with Crippen molar-refractivity contribution in [1.82, 2.24) is 10.1 Å². The van der Waals surface area contributed by atoms with Crippen LogP contribution in [0.25, 0.3) is 22.4 Å². The summed E-state index contributed by atoms with van der Waals surface area (Å²) in [6.45, 7) is 0. The van der Waals surface area contributed by atoms with E-state index >= 15 is 0 Å². The van der Waals surface area contributed by atoms with Crippen LogP contribution >= 0.6 is 0 Å². The molecule has 0 atom stereocenters. The Kier molecular flexibility index (Phi) is 3.90. The lowest BCUT2D eigenvalue weighted by Gasteiger charge is -2.08. The third kappa shape index (κ3) is 3.03. The van der Waals surface area contributed by atoms with Gasteiger partial charge in [-0.05, 0) is 43.2 Å². The average Bonchev–Trinajstić information content (AvgIpc) is 3.49. The maximum Gasteiger partial charge on any atom is 0.259 e. The molecule has 5 rings (SSSR count). The summed E-state index contributed by atoms with van der Waals surface area (Å²) in [5.74, 6) is -0.306. The molecule has 6 heteroatoms. The molecule has 2 aromatic heterocycles. The van der Waals surface area contributed by atoms with Crippen molar-refractivity contribution in [3.05, 3.63) is 77.7 Å². The maximum atomic E-state index is 13.2. The second kappa shape index (κ2) is 6.56. The zero-order valence-corrected chi connectivity index (χ0v) is 14.9. The Morgan fingerprint density at radius 2 is 1.82 bits per heavy atom. The zero-order chi connectivity index (χ0) is 19.1. The van der Waals surface area contributed by atoms with E-state index in [-0.39, 0.29) is 11.7 Å². The predicted octanol–water partition coefficient (Wildman–Crippen LogP) is 5.16. The molecule has 1 fully saturated rings. The van der Waals surface area contributed by atoms with Crippen LogP contribution in [-0.4, -0.2) is 16.0 Å². The Morgan fingerprint density at radius 1 is 1.07 bits per heavy atom. The van der Waals surface area contributed by atoms with Gasteiger partial charge in [-0.2, -0.15) is 0 Å². The summed E-state index contributed by atoms with van der Waals surface area (Å²) >= 11 is 0. The lowest BCUT2D eigenvalue weighted by molar-refractivity contribution is 0.102. The largest absolute Gasteiger partial charge is 0.335 e. The molecule has 0 saturated heterocycles. The number of carbonyl (C=O) groups is 1. The third-order valence-electron chi connectivity index (χ3n) is 4.86. The van der Waals surface area contributed by atoms with Crippen LogP contribution in [0.4, 0.5) is 10.1 Å².